The molecule has 148 valence electrons. The highest BCUT2D eigenvalue weighted by Crippen LogP contribution is 2.44. The van der Waals surface area contributed by atoms with Crippen LogP contribution in [0.4, 0.5) is 10.5 Å². The van der Waals surface area contributed by atoms with Gasteiger partial charge >= 0.3 is 6.03 Å². The van der Waals surface area contributed by atoms with Crippen molar-refractivity contribution in [3.8, 4) is 11.3 Å². The first-order valence-corrected chi connectivity index (χ1v) is 10.2. The van der Waals surface area contributed by atoms with Gasteiger partial charge in [-0.1, -0.05) is 36.4 Å². The van der Waals surface area contributed by atoms with Gasteiger partial charge in [-0.3, -0.25) is 9.67 Å². The fourth-order valence-corrected chi connectivity index (χ4v) is 4.69. The number of aryl methyl sites for hydroxylation is 1. The fourth-order valence-electron chi connectivity index (χ4n) is 4.69. The summed E-state index contributed by atoms with van der Waals surface area (Å²) in [5.74, 6) is 0. The molecule has 2 aliphatic heterocycles. The Labute approximate surface area is 174 Å². The number of rotatable bonds is 2. The van der Waals surface area contributed by atoms with Gasteiger partial charge in [0, 0.05) is 53.6 Å². The van der Waals surface area contributed by atoms with Crippen LogP contribution in [0.3, 0.4) is 0 Å². The number of nitrogens with zero attached hydrogens (tertiary/aromatic N) is 4. The van der Waals surface area contributed by atoms with Crippen LogP contribution in [0, 0.1) is 0 Å². The van der Waals surface area contributed by atoms with E-state index >= 15 is 0 Å². The number of hydrogen-bond acceptors (Lipinski definition) is 3. The number of carbonyl (C=O) groups excluding carboxylic acids is 1. The first-order chi connectivity index (χ1) is 14.7. The second kappa shape index (κ2) is 6.42. The number of pyridine rings is 1. The molecule has 2 aromatic heterocycles. The maximum absolute atomic E-state index is 12.6. The molecule has 4 heterocycles. The van der Waals surface area contributed by atoms with Gasteiger partial charge in [-0.15, -0.1) is 0 Å². The molecule has 0 aliphatic carbocycles. The number of anilines is 1. The van der Waals surface area contributed by atoms with Crippen LogP contribution < -0.4 is 5.32 Å². The third-order valence-corrected chi connectivity index (χ3v) is 6.31. The molecule has 2 aromatic carbocycles. The van der Waals surface area contributed by atoms with Crippen molar-refractivity contribution in [1.82, 2.24) is 19.7 Å². The zero-order valence-corrected chi connectivity index (χ0v) is 16.5. The topological polar surface area (TPSA) is 63.1 Å². The lowest BCUT2D eigenvalue weighted by Gasteiger charge is -2.47. The number of para-hydroxylation sites is 2. The minimum absolute atomic E-state index is 0.0174. The third kappa shape index (κ3) is 2.68. The van der Waals surface area contributed by atoms with Crippen molar-refractivity contribution in [1.29, 1.82) is 0 Å². The highest BCUT2D eigenvalue weighted by atomic mass is 16.2. The number of benzene rings is 2. The number of nitrogens with one attached hydrogen (secondary N) is 1. The van der Waals surface area contributed by atoms with Gasteiger partial charge in [0.15, 0.2) is 0 Å². The Hall–Kier alpha value is -3.67. The van der Waals surface area contributed by atoms with Crippen LogP contribution in [-0.2, 0) is 12.0 Å². The fraction of sp³-hybridized carbons (Fsp3) is 0.208. The second-order valence-electron chi connectivity index (χ2n) is 8.24. The molecule has 6 nitrogen and oxygen atoms in total. The molecule has 0 saturated carbocycles. The van der Waals surface area contributed by atoms with Gasteiger partial charge in [-0.05, 0) is 36.8 Å². The monoisotopic (exact) mass is 395 g/mol. The van der Waals surface area contributed by atoms with Gasteiger partial charge in [0.2, 0.25) is 0 Å². The van der Waals surface area contributed by atoms with Gasteiger partial charge in [0.05, 0.1) is 11.2 Å². The second-order valence-corrected chi connectivity index (χ2v) is 8.24. The summed E-state index contributed by atoms with van der Waals surface area (Å²) in [7, 11) is 0. The van der Waals surface area contributed by atoms with Crippen molar-refractivity contribution in [2.75, 3.05) is 18.4 Å². The zero-order chi connectivity index (χ0) is 20.1. The number of urea groups is 1. The Kier molecular flexibility index (Phi) is 3.68. The molecule has 30 heavy (non-hydrogen) atoms. The zero-order valence-electron chi connectivity index (χ0n) is 16.5. The molecule has 0 radical (unpaired) electrons. The van der Waals surface area contributed by atoms with Crippen LogP contribution in [0.15, 0.2) is 72.9 Å². The van der Waals surface area contributed by atoms with E-state index in [0.29, 0.717) is 0 Å². The number of fused-ring (bicyclic) bond motifs is 3. The van der Waals surface area contributed by atoms with E-state index < -0.39 is 0 Å². The maximum Gasteiger partial charge on any atom is 0.321 e. The number of carbonyl (C=O) groups is 1. The standard InChI is InChI=1S/C24H21N5O/c30-23(26-19-7-2-1-3-8-19)28-15-24(16-28)10-11-29-22(24)13-21(27-29)18-12-17-6-4-5-9-20(17)25-14-18/h1-9,12-14H,10-11,15-16H2,(H,26,30). The van der Waals surface area contributed by atoms with E-state index in [0.717, 1.165) is 53.9 Å². The van der Waals surface area contributed by atoms with Crippen LogP contribution in [0.2, 0.25) is 0 Å². The Bertz CT molecular complexity index is 1260. The Morgan fingerprint density at radius 2 is 1.80 bits per heavy atom. The van der Waals surface area contributed by atoms with E-state index in [-0.39, 0.29) is 11.4 Å². The van der Waals surface area contributed by atoms with Crippen molar-refractivity contribution in [2.45, 2.75) is 18.4 Å². The van der Waals surface area contributed by atoms with Crippen LogP contribution in [0.1, 0.15) is 12.1 Å². The first-order valence-electron chi connectivity index (χ1n) is 10.2. The quantitative estimate of drug-likeness (QED) is 0.551. The molecule has 1 spiro atoms. The predicted octanol–water partition coefficient (Wildman–Crippen LogP) is 4.29. The van der Waals surface area contributed by atoms with Crippen LogP contribution in [-0.4, -0.2) is 38.8 Å². The van der Waals surface area contributed by atoms with Gasteiger partial charge in [0.1, 0.15) is 0 Å². The largest absolute Gasteiger partial charge is 0.322 e. The summed E-state index contributed by atoms with van der Waals surface area (Å²) in [5.41, 5.74) is 5.05. The van der Waals surface area contributed by atoms with Crippen molar-refractivity contribution < 1.29 is 4.79 Å². The van der Waals surface area contributed by atoms with E-state index in [4.69, 9.17) is 5.10 Å². The Balaban J connectivity index is 1.22. The molecular formula is C24H21N5O. The van der Waals surface area contributed by atoms with E-state index in [1.807, 2.05) is 59.6 Å². The third-order valence-electron chi connectivity index (χ3n) is 6.31. The molecule has 0 atom stereocenters. The average Bonchev–Trinajstić information content (AvgIpc) is 3.32. The molecule has 1 saturated heterocycles. The highest BCUT2D eigenvalue weighted by molar-refractivity contribution is 5.90. The van der Waals surface area contributed by atoms with Crippen molar-refractivity contribution >= 4 is 22.6 Å². The van der Waals surface area contributed by atoms with Gasteiger partial charge < -0.3 is 10.2 Å². The van der Waals surface area contributed by atoms with Crippen LogP contribution in [0.25, 0.3) is 22.2 Å². The molecule has 6 heteroatoms. The van der Waals surface area contributed by atoms with Crippen LogP contribution in [0.5, 0.6) is 0 Å². The summed E-state index contributed by atoms with van der Waals surface area (Å²) in [6, 6.07) is 22.0. The van der Waals surface area contributed by atoms with Gasteiger partial charge in [-0.25, -0.2) is 4.79 Å². The summed E-state index contributed by atoms with van der Waals surface area (Å²) in [5, 5.41) is 8.93. The molecule has 1 fully saturated rings. The van der Waals surface area contributed by atoms with Crippen molar-refractivity contribution in [2.24, 2.45) is 0 Å². The molecule has 4 aromatic rings. The number of aromatic nitrogens is 3. The van der Waals surface area contributed by atoms with Crippen molar-refractivity contribution in [3.63, 3.8) is 0 Å². The minimum atomic E-state index is -0.0382. The lowest BCUT2D eigenvalue weighted by atomic mass is 9.76. The average molecular weight is 395 g/mol. The SMILES string of the molecule is O=C(Nc1ccccc1)N1CC2(CCn3nc(-c4cnc5ccccc5c4)cc32)C1. The normalized spacial score (nSPS) is 16.5. The molecule has 0 bridgehead atoms. The van der Waals surface area contributed by atoms with E-state index in [2.05, 4.69) is 33.2 Å². The summed E-state index contributed by atoms with van der Waals surface area (Å²) >= 11 is 0. The van der Waals surface area contributed by atoms with E-state index in [1.54, 1.807) is 0 Å². The smallest absolute Gasteiger partial charge is 0.321 e. The summed E-state index contributed by atoms with van der Waals surface area (Å²) < 4.78 is 2.11. The molecule has 1 N–H and O–H groups in total. The van der Waals surface area contributed by atoms with Gasteiger partial charge in [0.25, 0.3) is 0 Å². The summed E-state index contributed by atoms with van der Waals surface area (Å²) in [6.45, 7) is 2.35. The first kappa shape index (κ1) is 17.2. The Morgan fingerprint density at radius 3 is 2.67 bits per heavy atom. The lowest BCUT2D eigenvalue weighted by molar-refractivity contribution is 0.101. The molecule has 6 rings (SSSR count). The maximum atomic E-state index is 12.6. The van der Waals surface area contributed by atoms with E-state index in [1.165, 1.54) is 5.69 Å². The molecule has 2 aliphatic rings. The summed E-state index contributed by atoms with van der Waals surface area (Å²) in [4.78, 5) is 19.0. The molecular weight excluding hydrogens is 374 g/mol. The minimum Gasteiger partial charge on any atom is -0.322 e. The van der Waals surface area contributed by atoms with E-state index in [9.17, 15) is 4.79 Å². The number of likely N-dealkylation sites (tertiary alicyclic amines) is 1. The van der Waals surface area contributed by atoms with Gasteiger partial charge in [-0.2, -0.15) is 5.10 Å². The number of amides is 2. The lowest BCUT2D eigenvalue weighted by Crippen LogP contribution is -2.61. The predicted molar refractivity (Wildman–Crippen MR) is 116 cm³/mol. The molecule has 0 unspecified atom stereocenters. The molecule has 2 amide bonds. The van der Waals surface area contributed by atoms with Crippen molar-refractivity contribution in [3.05, 3.63) is 78.6 Å². The highest BCUT2D eigenvalue weighted by Gasteiger charge is 2.51. The summed E-state index contributed by atoms with van der Waals surface area (Å²) in [6.07, 6.45) is 2.92. The number of hydrogen-bond donors (Lipinski definition) is 1. The Morgan fingerprint density at radius 1 is 1.00 bits per heavy atom. The van der Waals surface area contributed by atoms with Crippen LogP contribution >= 0.6 is 0 Å².